The number of hydrogen-bond donors (Lipinski definition) is 0. The number of hydrogen-bond acceptors (Lipinski definition) is 3. The fourth-order valence-electron chi connectivity index (χ4n) is 2.69. The Morgan fingerprint density at radius 1 is 0.889 bits per heavy atom. The van der Waals surface area contributed by atoms with Crippen LogP contribution in [0.1, 0.15) is 11.1 Å². The number of likely N-dealkylation sites (tertiary alicyclic amines) is 1. The molecule has 7 heteroatoms. The van der Waals surface area contributed by atoms with Gasteiger partial charge in [-0.1, -0.05) is 51.8 Å². The van der Waals surface area contributed by atoms with Gasteiger partial charge in [-0.3, -0.25) is 4.79 Å². The molecule has 0 N–H and O–H groups in total. The summed E-state index contributed by atoms with van der Waals surface area (Å²) < 4.78 is 0.349. The Hall–Kier alpha value is -0.720. The first kappa shape index (κ1) is 22.6. The van der Waals surface area contributed by atoms with Gasteiger partial charge in [0.05, 0.1) is 0 Å². The zero-order valence-electron chi connectivity index (χ0n) is 14.6. The van der Waals surface area contributed by atoms with E-state index < -0.39 is 0 Å². The second-order valence-corrected chi connectivity index (χ2v) is 7.80. The number of nitrogens with zero attached hydrogens (tertiary/aromatic N) is 1. The van der Waals surface area contributed by atoms with Crippen LogP contribution in [0.5, 0.6) is 0 Å². The van der Waals surface area contributed by atoms with E-state index in [4.69, 9.17) is 48.0 Å². The molecule has 0 aromatic heterocycles. The van der Waals surface area contributed by atoms with E-state index in [0.29, 0.717) is 38.6 Å². The van der Waals surface area contributed by atoms with Crippen LogP contribution in [0, 0.1) is 0 Å². The summed E-state index contributed by atoms with van der Waals surface area (Å²) in [5.41, 5.74) is 3.10. The molecule has 132 valence electrons. The average Bonchev–Trinajstić information content (AvgIpc) is 2.62. The summed E-state index contributed by atoms with van der Waals surface area (Å²) in [5, 5.41) is 1.30. The van der Waals surface area contributed by atoms with Gasteiger partial charge in [0, 0.05) is 34.3 Å². The van der Waals surface area contributed by atoms with E-state index in [2.05, 4.69) is 0 Å². The van der Waals surface area contributed by atoms with Gasteiger partial charge in [0.25, 0.3) is 0 Å². The van der Waals surface area contributed by atoms with E-state index in [0.717, 1.165) is 11.1 Å². The van der Waals surface area contributed by atoms with Gasteiger partial charge in [0.2, 0.25) is 0 Å². The molecule has 2 aromatic rings. The number of carbonyl (C=O) groups is 1. The van der Waals surface area contributed by atoms with Crippen LogP contribution in [0.3, 0.4) is 0 Å². The molecule has 2 nitrogen and oxygen atoms in total. The second-order valence-electron chi connectivity index (χ2n) is 5.89. The molecule has 0 amide bonds. The van der Waals surface area contributed by atoms with Crippen LogP contribution < -0.4 is 29.6 Å². The Balaban J connectivity index is 0.00000261. The van der Waals surface area contributed by atoms with Crippen LogP contribution in [-0.2, 0) is 17.4 Å². The summed E-state index contributed by atoms with van der Waals surface area (Å²) in [5.74, 6) is -0.00241. The molecule has 0 radical (unpaired) electrons. The SMILES string of the molecule is O=C1/C(=C/c2ccc(Cl)cc2)CN(C(=S)[S-])C/C1=C\c1ccc(Cl)cc1.[Na+]. The first-order chi connectivity index (χ1) is 12.4. The molecular weight excluding hydrogens is 428 g/mol. The zero-order valence-corrected chi connectivity index (χ0v) is 19.8. The number of ketones is 1. The van der Waals surface area contributed by atoms with E-state index in [-0.39, 0.29) is 35.3 Å². The molecule has 0 aliphatic carbocycles. The van der Waals surface area contributed by atoms with E-state index in [9.17, 15) is 4.79 Å². The van der Waals surface area contributed by atoms with Crippen molar-refractivity contribution in [2.45, 2.75) is 0 Å². The Labute approximate surface area is 201 Å². The standard InChI is InChI=1S/C20H15Cl2NOS2.Na/c21-17-5-1-13(2-6-17)9-15-11-23(20(25)26)12-16(19(15)24)10-14-3-7-18(22)8-4-14;/h1-10H,11-12H2,(H,25,26);/q;+1/p-1/b15-9+,16-10+;. The van der Waals surface area contributed by atoms with Gasteiger partial charge >= 0.3 is 29.6 Å². The Bertz CT molecular complexity index is 841. The molecule has 0 saturated carbocycles. The van der Waals surface area contributed by atoms with Crippen molar-refractivity contribution in [1.29, 1.82) is 0 Å². The van der Waals surface area contributed by atoms with Crippen LogP contribution in [0.25, 0.3) is 12.2 Å². The van der Waals surface area contributed by atoms with Gasteiger partial charge in [0.1, 0.15) is 0 Å². The van der Waals surface area contributed by atoms with Gasteiger partial charge < -0.3 is 29.7 Å². The maximum atomic E-state index is 12.9. The maximum absolute atomic E-state index is 12.9. The minimum atomic E-state index is -0.00241. The quantitative estimate of drug-likeness (QED) is 0.308. The van der Waals surface area contributed by atoms with Crippen LogP contribution >= 0.6 is 35.4 Å². The van der Waals surface area contributed by atoms with Gasteiger partial charge in [-0.15, -0.1) is 0 Å². The Morgan fingerprint density at radius 3 is 1.59 bits per heavy atom. The zero-order chi connectivity index (χ0) is 18.7. The minimum Gasteiger partial charge on any atom is -0.411 e. The Morgan fingerprint density at radius 2 is 1.26 bits per heavy atom. The predicted octanol–water partition coefficient (Wildman–Crippen LogP) is 2.18. The van der Waals surface area contributed by atoms with Crippen LogP contribution in [-0.4, -0.2) is 28.1 Å². The van der Waals surface area contributed by atoms with Gasteiger partial charge in [-0.2, -0.15) is 0 Å². The molecule has 1 fully saturated rings. The fourth-order valence-corrected chi connectivity index (χ4v) is 3.20. The Kier molecular flexibility index (Phi) is 8.50. The van der Waals surface area contributed by atoms with E-state index in [1.807, 2.05) is 41.3 Å². The molecule has 1 aliphatic rings. The van der Waals surface area contributed by atoms with E-state index in [1.165, 1.54) is 0 Å². The summed E-state index contributed by atoms with van der Waals surface area (Å²) in [6, 6.07) is 14.7. The summed E-state index contributed by atoms with van der Waals surface area (Å²) >= 11 is 22.2. The third-order valence-electron chi connectivity index (χ3n) is 3.99. The number of thiocarbonyl (C=S) groups is 1. The van der Waals surface area contributed by atoms with Gasteiger partial charge in [-0.25, -0.2) is 0 Å². The van der Waals surface area contributed by atoms with Gasteiger partial charge in [0.15, 0.2) is 5.78 Å². The van der Waals surface area contributed by atoms with Crippen molar-refractivity contribution in [2.75, 3.05) is 13.1 Å². The third kappa shape index (κ3) is 6.13. The molecule has 0 spiro atoms. The van der Waals surface area contributed by atoms with Crippen molar-refractivity contribution in [3.8, 4) is 0 Å². The number of piperidine rings is 1. The molecule has 0 atom stereocenters. The molecule has 2 aromatic carbocycles. The van der Waals surface area contributed by atoms with Crippen LogP contribution in [0.4, 0.5) is 0 Å². The predicted molar refractivity (Wildman–Crippen MR) is 115 cm³/mol. The van der Waals surface area contributed by atoms with Crippen molar-refractivity contribution >= 4 is 70.3 Å². The summed E-state index contributed by atoms with van der Waals surface area (Å²) in [6.07, 6.45) is 3.71. The molecule has 1 heterocycles. The summed E-state index contributed by atoms with van der Waals surface area (Å²) in [6.45, 7) is 0.809. The van der Waals surface area contributed by atoms with E-state index >= 15 is 0 Å². The fraction of sp³-hybridized carbons (Fsp3) is 0.100. The van der Waals surface area contributed by atoms with Crippen LogP contribution in [0.15, 0.2) is 59.7 Å². The van der Waals surface area contributed by atoms with Crippen molar-refractivity contribution in [3.63, 3.8) is 0 Å². The largest absolute Gasteiger partial charge is 1.00 e. The number of rotatable bonds is 2. The second kappa shape index (κ2) is 10.2. The van der Waals surface area contributed by atoms with Gasteiger partial charge in [-0.05, 0) is 47.5 Å². The topological polar surface area (TPSA) is 20.3 Å². The molecule has 0 unspecified atom stereocenters. The number of carbonyl (C=O) groups excluding carboxylic acids is 1. The van der Waals surface area contributed by atoms with Crippen molar-refractivity contribution in [3.05, 3.63) is 80.8 Å². The summed E-state index contributed by atoms with van der Waals surface area (Å²) in [7, 11) is 0. The molecule has 1 aliphatic heterocycles. The number of Topliss-reactive ketones (excluding diaryl/α,β-unsaturated/α-hetero) is 1. The smallest absolute Gasteiger partial charge is 0.411 e. The minimum absolute atomic E-state index is 0. The number of benzene rings is 2. The average molecular weight is 442 g/mol. The monoisotopic (exact) mass is 441 g/mol. The van der Waals surface area contributed by atoms with Crippen molar-refractivity contribution in [2.24, 2.45) is 0 Å². The molecule has 27 heavy (non-hydrogen) atoms. The van der Waals surface area contributed by atoms with E-state index in [1.54, 1.807) is 24.3 Å². The first-order valence-electron chi connectivity index (χ1n) is 7.85. The number of halogens is 2. The van der Waals surface area contributed by atoms with Crippen LogP contribution in [0.2, 0.25) is 10.0 Å². The van der Waals surface area contributed by atoms with Crippen molar-refractivity contribution < 1.29 is 34.4 Å². The molecule has 0 bridgehead atoms. The molecular formula is C20H14Cl2NNaOS2. The molecule has 3 rings (SSSR count). The maximum Gasteiger partial charge on any atom is 1.00 e. The third-order valence-corrected chi connectivity index (χ3v) is 5.01. The molecule has 1 saturated heterocycles. The van der Waals surface area contributed by atoms with Crippen molar-refractivity contribution in [1.82, 2.24) is 4.90 Å². The summed E-state index contributed by atoms with van der Waals surface area (Å²) in [4.78, 5) is 14.8. The first-order valence-corrected chi connectivity index (χ1v) is 9.42. The normalized spacial score (nSPS) is 17.1.